The molecule has 4 rings (SSSR count). The fourth-order valence-corrected chi connectivity index (χ4v) is 3.47. The zero-order chi connectivity index (χ0) is 23.0. The molecule has 1 fully saturated rings. The molecule has 4 N–H and O–H groups in total. The van der Waals surface area contributed by atoms with Gasteiger partial charge in [0.25, 0.3) is 5.91 Å². The molecule has 0 unspecified atom stereocenters. The molecule has 1 saturated heterocycles. The lowest BCUT2D eigenvalue weighted by Crippen LogP contribution is -2.36. The third-order valence-electron chi connectivity index (χ3n) is 5.16. The summed E-state index contributed by atoms with van der Waals surface area (Å²) in [6.45, 7) is 4.00. The number of rotatable bonds is 8. The van der Waals surface area contributed by atoms with E-state index in [1.165, 1.54) is 0 Å². The summed E-state index contributed by atoms with van der Waals surface area (Å²) in [7, 11) is 1.87. The number of anilines is 3. The maximum atomic E-state index is 13.1. The van der Waals surface area contributed by atoms with Crippen LogP contribution in [0.25, 0.3) is 11.3 Å². The van der Waals surface area contributed by atoms with Gasteiger partial charge in [0, 0.05) is 31.4 Å². The molecule has 3 aromatic rings. The Balaban J connectivity index is 1.55. The van der Waals surface area contributed by atoms with Crippen LogP contribution >= 0.6 is 0 Å². The van der Waals surface area contributed by atoms with Gasteiger partial charge in [-0.1, -0.05) is 12.1 Å². The first kappa shape index (κ1) is 22.5. The Morgan fingerprint density at radius 1 is 1.24 bits per heavy atom. The molecule has 1 aliphatic heterocycles. The normalized spacial score (nSPS) is 13.5. The van der Waals surface area contributed by atoms with Gasteiger partial charge in [0.15, 0.2) is 19.5 Å². The summed E-state index contributed by atoms with van der Waals surface area (Å²) >= 11 is 0. The van der Waals surface area contributed by atoms with Crippen LogP contribution in [0.5, 0.6) is 5.75 Å². The van der Waals surface area contributed by atoms with Crippen molar-refractivity contribution in [1.29, 1.82) is 0 Å². The molecular weight excluding hydrogens is 421 g/mol. The van der Waals surface area contributed by atoms with E-state index in [0.29, 0.717) is 37.0 Å². The summed E-state index contributed by atoms with van der Waals surface area (Å²) in [5, 5.41) is 5.93. The molecule has 0 saturated carbocycles. The molecule has 0 bridgehead atoms. The Labute approximate surface area is 193 Å². The molecule has 170 valence electrons. The van der Waals surface area contributed by atoms with Crippen LogP contribution in [0, 0.1) is 0 Å². The van der Waals surface area contributed by atoms with E-state index < -0.39 is 5.91 Å². The van der Waals surface area contributed by atoms with Gasteiger partial charge in [-0.15, -0.1) is 0 Å². The minimum absolute atomic E-state index is 0.0470. The van der Waals surface area contributed by atoms with Crippen molar-refractivity contribution in [2.75, 3.05) is 55.4 Å². The number of hydrogen-bond donors (Lipinski definition) is 3. The van der Waals surface area contributed by atoms with Gasteiger partial charge in [-0.2, -0.15) is 0 Å². The molecule has 11 heteroatoms. The molecule has 3 heterocycles. The Bertz CT molecular complexity index is 1110. The first-order chi connectivity index (χ1) is 16.2. The average Bonchev–Trinajstić information content (AvgIpc) is 2.85. The van der Waals surface area contributed by atoms with E-state index in [1.54, 1.807) is 18.6 Å². The molecule has 2 aromatic heterocycles. The molecule has 10 nitrogen and oxygen atoms in total. The average molecular weight is 447 g/mol. The quantitative estimate of drug-likeness (QED) is 0.338. The third-order valence-corrected chi connectivity index (χ3v) is 5.16. The fraction of sp³-hybridized carbons (Fsp3) is 0.273. The number of ether oxygens (including phenoxy) is 2. The lowest BCUT2D eigenvalue weighted by molar-refractivity contribution is 0.102. The first-order valence-corrected chi connectivity index (χ1v) is 10.7. The number of carbonyl (C=O) groups is 1. The number of nitrogens with two attached hydrogens (primary N) is 1. The molecule has 0 atom stereocenters. The van der Waals surface area contributed by atoms with E-state index in [1.807, 2.05) is 38.3 Å². The van der Waals surface area contributed by atoms with E-state index in [9.17, 15) is 4.79 Å². The first-order valence-electron chi connectivity index (χ1n) is 10.7. The van der Waals surface area contributed by atoms with E-state index in [4.69, 9.17) is 15.2 Å². The standard InChI is InChI=1S/C22H26BN7O3/c23-27-6-9-33-16-3-1-2-15(12-16)17-14-26-21(24)20(28-17)22(31)29-18-13-25-5-4-19(18)30-7-10-32-11-8-30/h1-5,12-14,27H,6-11,23H2,(H2,24,26)(H,29,31). The molecular formula is C22H26BN7O3. The number of benzene rings is 1. The van der Waals surface area contributed by atoms with Crippen molar-refractivity contribution in [3.63, 3.8) is 0 Å². The molecule has 1 aromatic carbocycles. The zero-order valence-electron chi connectivity index (χ0n) is 18.5. The number of nitrogen functional groups attached to an aromatic ring is 1. The zero-order valence-corrected chi connectivity index (χ0v) is 18.5. The smallest absolute Gasteiger partial charge is 0.278 e. The number of aromatic nitrogens is 3. The lowest BCUT2D eigenvalue weighted by Gasteiger charge is -2.30. The van der Waals surface area contributed by atoms with Crippen LogP contribution in [0.1, 0.15) is 10.5 Å². The Hall–Kier alpha value is -3.70. The summed E-state index contributed by atoms with van der Waals surface area (Å²) in [4.78, 5) is 28.1. The minimum Gasteiger partial charge on any atom is -0.492 e. The van der Waals surface area contributed by atoms with Crippen molar-refractivity contribution in [2.45, 2.75) is 0 Å². The van der Waals surface area contributed by atoms with E-state index in [2.05, 4.69) is 30.4 Å². The highest BCUT2D eigenvalue weighted by molar-refractivity contribution is 6.07. The minimum atomic E-state index is -0.453. The number of pyridine rings is 1. The predicted molar refractivity (Wildman–Crippen MR) is 129 cm³/mol. The number of morpholine rings is 1. The second-order valence-corrected chi connectivity index (χ2v) is 7.42. The van der Waals surface area contributed by atoms with Crippen molar-refractivity contribution in [1.82, 2.24) is 20.2 Å². The van der Waals surface area contributed by atoms with E-state index >= 15 is 0 Å². The SMILES string of the molecule is BNCCOc1cccc(-c2cnc(N)c(C(=O)Nc3cnccc3N3CCOCC3)n2)c1. The number of nitrogens with zero attached hydrogens (tertiary/aromatic N) is 4. The molecule has 0 aliphatic carbocycles. The summed E-state index contributed by atoms with van der Waals surface area (Å²) in [6.07, 6.45) is 4.85. The summed E-state index contributed by atoms with van der Waals surface area (Å²) in [5.41, 5.74) is 8.80. The highest BCUT2D eigenvalue weighted by Crippen LogP contribution is 2.27. The van der Waals surface area contributed by atoms with Gasteiger partial charge in [0.05, 0.1) is 49.3 Å². The molecule has 0 radical (unpaired) electrons. The van der Waals surface area contributed by atoms with Crippen LogP contribution < -0.4 is 25.9 Å². The molecule has 1 aliphatic rings. The molecule has 33 heavy (non-hydrogen) atoms. The van der Waals surface area contributed by atoms with Crippen molar-refractivity contribution >= 4 is 31.1 Å². The summed E-state index contributed by atoms with van der Waals surface area (Å²) in [6, 6.07) is 9.34. The van der Waals surface area contributed by atoms with Gasteiger partial charge in [-0.3, -0.25) is 9.78 Å². The van der Waals surface area contributed by atoms with Crippen LogP contribution in [0.4, 0.5) is 17.2 Å². The topological polar surface area (TPSA) is 128 Å². The van der Waals surface area contributed by atoms with E-state index in [-0.39, 0.29) is 11.5 Å². The van der Waals surface area contributed by atoms with Crippen LogP contribution in [0.2, 0.25) is 0 Å². The predicted octanol–water partition coefficient (Wildman–Crippen LogP) is 0.726. The monoisotopic (exact) mass is 447 g/mol. The Kier molecular flexibility index (Phi) is 7.33. The van der Waals surface area contributed by atoms with Gasteiger partial charge < -0.3 is 30.7 Å². The number of nitrogens with one attached hydrogen (secondary N) is 2. The van der Waals surface area contributed by atoms with Crippen molar-refractivity contribution in [3.8, 4) is 17.0 Å². The van der Waals surface area contributed by atoms with Crippen molar-refractivity contribution in [2.24, 2.45) is 0 Å². The molecule has 1 amide bonds. The summed E-state index contributed by atoms with van der Waals surface area (Å²) in [5.74, 6) is 0.304. The van der Waals surface area contributed by atoms with Gasteiger partial charge >= 0.3 is 0 Å². The van der Waals surface area contributed by atoms with Gasteiger partial charge in [0.2, 0.25) is 0 Å². The van der Waals surface area contributed by atoms with Gasteiger partial charge in [-0.05, 0) is 18.2 Å². The second-order valence-electron chi connectivity index (χ2n) is 7.42. The van der Waals surface area contributed by atoms with Crippen LogP contribution in [0.15, 0.2) is 48.9 Å². The third kappa shape index (κ3) is 5.57. The highest BCUT2D eigenvalue weighted by Gasteiger charge is 2.20. The fourth-order valence-electron chi connectivity index (χ4n) is 3.47. The van der Waals surface area contributed by atoms with Gasteiger partial charge in [-0.25, -0.2) is 9.97 Å². The van der Waals surface area contributed by atoms with Crippen LogP contribution in [-0.4, -0.2) is 68.3 Å². The van der Waals surface area contributed by atoms with E-state index in [0.717, 1.165) is 30.9 Å². The second kappa shape index (κ2) is 10.8. The largest absolute Gasteiger partial charge is 0.492 e. The Morgan fingerprint density at radius 3 is 2.91 bits per heavy atom. The van der Waals surface area contributed by atoms with Gasteiger partial charge in [0.1, 0.15) is 5.75 Å². The number of carbonyl (C=O) groups excluding carboxylic acids is 1. The van der Waals surface area contributed by atoms with Crippen molar-refractivity contribution in [3.05, 3.63) is 54.6 Å². The summed E-state index contributed by atoms with van der Waals surface area (Å²) < 4.78 is 11.2. The van der Waals surface area contributed by atoms with Crippen LogP contribution in [0.3, 0.4) is 0 Å². The highest BCUT2D eigenvalue weighted by atomic mass is 16.5. The maximum Gasteiger partial charge on any atom is 0.278 e. The number of hydrogen-bond acceptors (Lipinski definition) is 9. The maximum absolute atomic E-state index is 13.1. The Morgan fingerprint density at radius 2 is 2.09 bits per heavy atom. The number of amides is 1. The lowest BCUT2D eigenvalue weighted by atomic mass is 10.1. The van der Waals surface area contributed by atoms with Crippen molar-refractivity contribution < 1.29 is 14.3 Å². The van der Waals surface area contributed by atoms with Crippen LogP contribution in [-0.2, 0) is 4.74 Å². The molecule has 0 spiro atoms.